The van der Waals surface area contributed by atoms with Gasteiger partial charge in [-0.2, -0.15) is 0 Å². The van der Waals surface area contributed by atoms with Crippen LogP contribution in [0.2, 0.25) is 0 Å². The van der Waals surface area contributed by atoms with E-state index in [9.17, 15) is 34.2 Å². The lowest BCUT2D eigenvalue weighted by molar-refractivity contribution is -0.363. The minimum absolute atomic E-state index is 0.102. The predicted octanol–water partition coefficient (Wildman–Crippen LogP) is 1.89. The molecule has 0 amide bonds. The molecule has 3 fully saturated rings. The lowest BCUT2D eigenvalue weighted by Crippen LogP contribution is -2.85. The Morgan fingerprint density at radius 2 is 1.49 bits per heavy atom. The molecule has 1 aliphatic heterocycles. The van der Waals surface area contributed by atoms with Gasteiger partial charge in [-0.15, -0.1) is 0 Å². The molecule has 1 spiro atoms. The molecule has 1 aromatic carbocycles. The number of hydrogen-bond acceptors (Lipinski definition) is 13. The van der Waals surface area contributed by atoms with Crippen LogP contribution >= 0.6 is 0 Å². The van der Waals surface area contributed by atoms with Crippen molar-refractivity contribution in [1.82, 2.24) is 0 Å². The number of benzene rings is 1. The minimum atomic E-state index is -2.22. The van der Waals surface area contributed by atoms with Crippen molar-refractivity contribution in [2.45, 2.75) is 109 Å². The third-order valence-corrected chi connectivity index (χ3v) is 9.17. The summed E-state index contributed by atoms with van der Waals surface area (Å²) in [6.07, 6.45) is -8.34. The van der Waals surface area contributed by atoms with Crippen LogP contribution in [0.5, 0.6) is 0 Å². The number of carbonyl (C=O) groups is 5. The van der Waals surface area contributed by atoms with Crippen molar-refractivity contribution in [3.63, 3.8) is 0 Å². The van der Waals surface area contributed by atoms with Crippen LogP contribution in [0.3, 0.4) is 0 Å². The Hall–Kier alpha value is -3.55. The maximum absolute atomic E-state index is 13.8. The Morgan fingerprint density at radius 1 is 0.889 bits per heavy atom. The van der Waals surface area contributed by atoms with E-state index in [2.05, 4.69) is 0 Å². The highest BCUT2D eigenvalue weighted by molar-refractivity contribution is 5.89. The van der Waals surface area contributed by atoms with Crippen molar-refractivity contribution in [1.29, 1.82) is 0 Å². The first kappa shape index (κ1) is 34.3. The molecule has 9 atom stereocenters. The first-order valence-electron chi connectivity index (χ1n) is 14.9. The molecule has 0 radical (unpaired) electrons. The smallest absolute Gasteiger partial charge is 0.338 e. The SMILES string of the molecule is CC(=O)OC[C@]12[C@H](OC(=O)c3ccccc3)[C@@H](OC(=O)C(C)C)[C@@H]3[C@@H](O)[C@]1(OC3(C)C)[C@@](C)(O)C[C@H](OC(C)=O)[C@@H]2OC(C)=O. The predicted molar refractivity (Wildman–Crippen MR) is 153 cm³/mol. The van der Waals surface area contributed by atoms with Crippen molar-refractivity contribution in [3.8, 4) is 0 Å². The fourth-order valence-corrected chi connectivity index (χ4v) is 7.60. The molecule has 2 N–H and O–H groups in total. The van der Waals surface area contributed by atoms with Crippen molar-refractivity contribution >= 4 is 29.8 Å². The Bertz CT molecular complexity index is 1340. The van der Waals surface area contributed by atoms with Crippen LogP contribution in [-0.2, 0) is 47.6 Å². The van der Waals surface area contributed by atoms with E-state index in [1.807, 2.05) is 0 Å². The first-order chi connectivity index (χ1) is 20.8. The summed E-state index contributed by atoms with van der Waals surface area (Å²) in [5, 5.41) is 24.6. The molecule has 1 heterocycles. The summed E-state index contributed by atoms with van der Waals surface area (Å²) in [7, 11) is 0. The maximum atomic E-state index is 13.8. The van der Waals surface area contributed by atoms with Gasteiger partial charge in [-0.1, -0.05) is 32.0 Å². The van der Waals surface area contributed by atoms with Gasteiger partial charge in [0.05, 0.1) is 34.7 Å². The highest BCUT2D eigenvalue weighted by Crippen LogP contribution is 2.69. The normalized spacial score (nSPS) is 36.3. The van der Waals surface area contributed by atoms with Crippen LogP contribution in [-0.4, -0.2) is 94.0 Å². The zero-order chi connectivity index (χ0) is 33.7. The number of fused-ring (bicyclic) bond motifs is 1. The monoisotopic (exact) mass is 634 g/mol. The van der Waals surface area contributed by atoms with Crippen molar-refractivity contribution in [2.24, 2.45) is 17.3 Å². The first-order valence-corrected chi connectivity index (χ1v) is 14.9. The van der Waals surface area contributed by atoms with Gasteiger partial charge >= 0.3 is 29.8 Å². The molecule has 13 heteroatoms. The average Bonchev–Trinajstić information content (AvgIpc) is 3.10. The van der Waals surface area contributed by atoms with Gasteiger partial charge in [0.2, 0.25) is 0 Å². The fraction of sp³-hybridized carbons (Fsp3) is 0.656. The lowest BCUT2D eigenvalue weighted by atomic mass is 9.45. The molecule has 13 nitrogen and oxygen atoms in total. The number of ether oxygens (including phenoxy) is 6. The highest BCUT2D eigenvalue weighted by atomic mass is 16.6. The largest absolute Gasteiger partial charge is 0.465 e. The number of aliphatic hydroxyl groups is 2. The molecule has 1 aromatic rings. The molecule has 2 saturated carbocycles. The molecule has 2 aliphatic carbocycles. The van der Waals surface area contributed by atoms with Gasteiger partial charge < -0.3 is 38.6 Å². The Morgan fingerprint density at radius 3 is 2.02 bits per heavy atom. The molecule has 45 heavy (non-hydrogen) atoms. The lowest BCUT2D eigenvalue weighted by Gasteiger charge is -2.66. The topological polar surface area (TPSA) is 181 Å². The van der Waals surface area contributed by atoms with E-state index in [1.165, 1.54) is 19.1 Å². The standard InChI is InChI=1S/C32H42O13/c1-16(2)27(37)43-23-22-24(36)32(45-29(22,6)7)30(8,39)14-21(41-18(4)34)25(42-19(5)35)31(32,15-40-17(3)33)26(23)44-28(38)20-12-10-9-11-13-20/h9-13,16,21-26,36,39H,14-15H2,1-8H3/t21-,22+,23-,24+,25-,26+,30-,31-,32-/m0/s1. The third kappa shape index (κ3) is 5.59. The molecular weight excluding hydrogens is 592 g/mol. The quantitative estimate of drug-likeness (QED) is 0.313. The van der Waals surface area contributed by atoms with Crippen LogP contribution in [0.1, 0.15) is 72.2 Å². The molecule has 2 bridgehead atoms. The van der Waals surface area contributed by atoms with Crippen LogP contribution in [0.25, 0.3) is 0 Å². The Kier molecular flexibility index (Phi) is 9.15. The van der Waals surface area contributed by atoms with E-state index >= 15 is 0 Å². The molecule has 1 saturated heterocycles. The zero-order valence-corrected chi connectivity index (χ0v) is 26.7. The van der Waals surface area contributed by atoms with Crippen LogP contribution in [0.15, 0.2) is 30.3 Å². The van der Waals surface area contributed by atoms with Gasteiger partial charge in [0.15, 0.2) is 12.2 Å². The molecular formula is C32H42O13. The molecule has 3 aliphatic rings. The minimum Gasteiger partial charge on any atom is -0.465 e. The van der Waals surface area contributed by atoms with E-state index in [0.29, 0.717) is 0 Å². The van der Waals surface area contributed by atoms with Crippen molar-refractivity contribution in [3.05, 3.63) is 35.9 Å². The fourth-order valence-electron chi connectivity index (χ4n) is 7.60. The number of rotatable bonds is 8. The molecule has 0 aromatic heterocycles. The van der Waals surface area contributed by atoms with Gasteiger partial charge in [0.25, 0.3) is 0 Å². The van der Waals surface area contributed by atoms with E-state index in [1.54, 1.807) is 45.9 Å². The van der Waals surface area contributed by atoms with E-state index in [-0.39, 0.29) is 5.56 Å². The summed E-state index contributed by atoms with van der Waals surface area (Å²) >= 11 is 0. The van der Waals surface area contributed by atoms with Crippen LogP contribution < -0.4 is 0 Å². The average molecular weight is 635 g/mol. The third-order valence-electron chi connectivity index (χ3n) is 9.17. The highest BCUT2D eigenvalue weighted by Gasteiger charge is 2.88. The van der Waals surface area contributed by atoms with E-state index < -0.39 is 107 Å². The van der Waals surface area contributed by atoms with Gasteiger partial charge in [-0.05, 0) is 32.9 Å². The van der Waals surface area contributed by atoms with Crippen molar-refractivity contribution < 1.29 is 62.6 Å². The van der Waals surface area contributed by atoms with Crippen molar-refractivity contribution in [2.75, 3.05) is 6.61 Å². The second-order valence-corrected chi connectivity index (χ2v) is 13.1. The maximum Gasteiger partial charge on any atom is 0.338 e. The van der Waals surface area contributed by atoms with E-state index in [0.717, 1.165) is 20.8 Å². The van der Waals surface area contributed by atoms with Gasteiger partial charge in [0.1, 0.15) is 29.8 Å². The van der Waals surface area contributed by atoms with Crippen LogP contribution in [0.4, 0.5) is 0 Å². The second-order valence-electron chi connectivity index (χ2n) is 13.1. The van der Waals surface area contributed by atoms with Gasteiger partial charge in [-0.3, -0.25) is 19.2 Å². The summed E-state index contributed by atoms with van der Waals surface area (Å²) in [5.41, 5.74) is -7.81. The van der Waals surface area contributed by atoms with Gasteiger partial charge in [-0.25, -0.2) is 4.79 Å². The summed E-state index contributed by atoms with van der Waals surface area (Å²) in [6.45, 7) is 10.3. The Balaban J connectivity index is 2.12. The molecule has 0 unspecified atom stereocenters. The summed E-state index contributed by atoms with van der Waals surface area (Å²) in [4.78, 5) is 64.6. The second kappa shape index (κ2) is 12.0. The summed E-state index contributed by atoms with van der Waals surface area (Å²) < 4.78 is 35.9. The van der Waals surface area contributed by atoms with Crippen LogP contribution in [0, 0.1) is 17.3 Å². The number of esters is 5. The summed E-state index contributed by atoms with van der Waals surface area (Å²) in [5.74, 6) is -5.87. The number of hydrogen-bond donors (Lipinski definition) is 2. The summed E-state index contributed by atoms with van der Waals surface area (Å²) in [6, 6.07) is 7.87. The number of carbonyl (C=O) groups excluding carboxylic acids is 5. The van der Waals surface area contributed by atoms with E-state index in [4.69, 9.17) is 28.4 Å². The Labute approximate surface area is 261 Å². The molecule has 248 valence electrons. The zero-order valence-electron chi connectivity index (χ0n) is 26.7. The number of aliphatic hydroxyl groups excluding tert-OH is 1. The van der Waals surface area contributed by atoms with Gasteiger partial charge in [0, 0.05) is 27.2 Å². The molecule has 4 rings (SSSR count).